The van der Waals surface area contributed by atoms with Crippen LogP contribution in [0.15, 0.2) is 12.8 Å². The highest BCUT2D eigenvalue weighted by atomic mass is 28.4. The fourth-order valence-electron chi connectivity index (χ4n) is 1.10. The van der Waals surface area contributed by atoms with Crippen LogP contribution in [0.1, 0.15) is 27.7 Å². The Morgan fingerprint density at radius 3 is 1.92 bits per heavy atom. The molecular formula is C9H20O3Si. The van der Waals surface area contributed by atoms with Gasteiger partial charge in [0.1, 0.15) is 0 Å². The van der Waals surface area contributed by atoms with Crippen LogP contribution in [-0.4, -0.2) is 22.0 Å². The molecule has 0 aromatic heterocycles. The van der Waals surface area contributed by atoms with Gasteiger partial charge in [-0.1, -0.05) is 20.4 Å². The first-order valence-corrected chi connectivity index (χ1v) is 6.49. The molecule has 0 heterocycles. The molecule has 0 fully saturated rings. The van der Waals surface area contributed by atoms with Crippen molar-refractivity contribution >= 4 is 8.80 Å². The van der Waals surface area contributed by atoms with Crippen molar-refractivity contribution in [3.05, 3.63) is 12.8 Å². The second-order valence-corrected chi connectivity index (χ2v) is 6.08. The standard InChI is InChI=1S/C9H20O3Si/c1-6-10-13(9(4)5,11-7-2)12-8-3/h6,9H,1,7-8H2,2-5H3. The third-order valence-electron chi connectivity index (χ3n) is 1.65. The molecule has 78 valence electrons. The van der Waals surface area contributed by atoms with E-state index in [1.165, 1.54) is 6.26 Å². The first kappa shape index (κ1) is 12.7. The van der Waals surface area contributed by atoms with Crippen LogP contribution in [0.25, 0.3) is 0 Å². The number of hydrogen-bond acceptors (Lipinski definition) is 3. The zero-order valence-corrected chi connectivity index (χ0v) is 10.0. The van der Waals surface area contributed by atoms with Crippen molar-refractivity contribution in [2.24, 2.45) is 0 Å². The Morgan fingerprint density at radius 1 is 1.23 bits per heavy atom. The summed E-state index contributed by atoms with van der Waals surface area (Å²) in [5.41, 5.74) is 0.255. The Labute approximate surface area is 82.1 Å². The quantitative estimate of drug-likeness (QED) is 0.471. The number of rotatable bonds is 7. The Bertz CT molecular complexity index is 142. The van der Waals surface area contributed by atoms with Gasteiger partial charge in [-0.05, 0) is 13.8 Å². The Hall–Kier alpha value is -0.323. The van der Waals surface area contributed by atoms with Gasteiger partial charge in [0.2, 0.25) is 0 Å². The summed E-state index contributed by atoms with van der Waals surface area (Å²) in [6.07, 6.45) is 1.41. The van der Waals surface area contributed by atoms with Gasteiger partial charge in [0.15, 0.2) is 0 Å². The topological polar surface area (TPSA) is 27.7 Å². The van der Waals surface area contributed by atoms with Crippen LogP contribution in [0.5, 0.6) is 0 Å². The van der Waals surface area contributed by atoms with Crippen molar-refractivity contribution in [3.63, 3.8) is 0 Å². The van der Waals surface area contributed by atoms with Crippen LogP contribution in [0.2, 0.25) is 5.54 Å². The SMILES string of the molecule is C=CO[Si](OCC)(OCC)C(C)C. The highest BCUT2D eigenvalue weighted by Crippen LogP contribution is 2.24. The molecule has 0 N–H and O–H groups in total. The molecule has 0 saturated carbocycles. The van der Waals surface area contributed by atoms with Gasteiger partial charge < -0.3 is 13.3 Å². The first-order chi connectivity index (χ1) is 6.13. The molecular weight excluding hydrogens is 184 g/mol. The molecule has 0 amide bonds. The lowest BCUT2D eigenvalue weighted by molar-refractivity contribution is 0.0928. The summed E-state index contributed by atoms with van der Waals surface area (Å²) in [5.74, 6) is 0. The monoisotopic (exact) mass is 204 g/mol. The largest absolute Gasteiger partial charge is 0.568 e. The minimum atomic E-state index is -2.49. The maximum atomic E-state index is 5.60. The smallest absolute Gasteiger partial charge is 0.508 e. The summed E-state index contributed by atoms with van der Waals surface area (Å²) < 4.78 is 16.6. The van der Waals surface area contributed by atoms with Crippen molar-refractivity contribution in [1.29, 1.82) is 0 Å². The summed E-state index contributed by atoms with van der Waals surface area (Å²) in [4.78, 5) is 0. The van der Waals surface area contributed by atoms with E-state index >= 15 is 0 Å². The fraction of sp³-hybridized carbons (Fsp3) is 0.778. The van der Waals surface area contributed by atoms with E-state index in [0.717, 1.165) is 0 Å². The second-order valence-electron chi connectivity index (χ2n) is 2.91. The van der Waals surface area contributed by atoms with Crippen molar-refractivity contribution in [2.75, 3.05) is 13.2 Å². The van der Waals surface area contributed by atoms with E-state index in [4.69, 9.17) is 13.3 Å². The van der Waals surface area contributed by atoms with Gasteiger partial charge >= 0.3 is 8.80 Å². The van der Waals surface area contributed by atoms with E-state index in [1.54, 1.807) is 0 Å². The van der Waals surface area contributed by atoms with E-state index in [1.807, 2.05) is 27.7 Å². The average molecular weight is 204 g/mol. The summed E-state index contributed by atoms with van der Waals surface area (Å²) in [7, 11) is -2.49. The predicted molar refractivity (Wildman–Crippen MR) is 55.4 cm³/mol. The van der Waals surface area contributed by atoms with Crippen molar-refractivity contribution in [3.8, 4) is 0 Å². The third kappa shape index (κ3) is 3.50. The van der Waals surface area contributed by atoms with Crippen molar-refractivity contribution in [2.45, 2.75) is 33.2 Å². The molecule has 0 unspecified atom stereocenters. The maximum absolute atomic E-state index is 5.60. The van der Waals surface area contributed by atoms with Crippen LogP contribution in [-0.2, 0) is 13.3 Å². The molecule has 0 bridgehead atoms. The van der Waals surface area contributed by atoms with Gasteiger partial charge in [-0.3, -0.25) is 0 Å². The molecule has 0 spiro atoms. The lowest BCUT2D eigenvalue weighted by Gasteiger charge is -2.30. The van der Waals surface area contributed by atoms with Gasteiger partial charge in [0.25, 0.3) is 0 Å². The van der Waals surface area contributed by atoms with E-state index in [9.17, 15) is 0 Å². The lowest BCUT2D eigenvalue weighted by Crippen LogP contribution is -2.47. The summed E-state index contributed by atoms with van der Waals surface area (Å²) >= 11 is 0. The maximum Gasteiger partial charge on any atom is 0.568 e. The van der Waals surface area contributed by atoms with Gasteiger partial charge in [0, 0.05) is 18.8 Å². The molecule has 0 aromatic rings. The second kappa shape index (κ2) is 6.18. The van der Waals surface area contributed by atoms with Gasteiger partial charge in [-0.2, -0.15) is 0 Å². The van der Waals surface area contributed by atoms with Gasteiger partial charge in [-0.25, -0.2) is 0 Å². The molecule has 0 saturated heterocycles. The molecule has 0 aromatic carbocycles. The normalized spacial score (nSPS) is 11.8. The first-order valence-electron chi connectivity index (χ1n) is 4.69. The van der Waals surface area contributed by atoms with Gasteiger partial charge in [-0.15, -0.1) is 0 Å². The highest BCUT2D eigenvalue weighted by molar-refractivity contribution is 6.62. The highest BCUT2D eigenvalue weighted by Gasteiger charge is 2.45. The molecule has 0 atom stereocenters. The van der Waals surface area contributed by atoms with Crippen LogP contribution < -0.4 is 0 Å². The lowest BCUT2D eigenvalue weighted by atomic mass is 10.6. The molecule has 0 rings (SSSR count). The Kier molecular flexibility index (Phi) is 6.03. The van der Waals surface area contributed by atoms with Crippen LogP contribution in [0.4, 0.5) is 0 Å². The summed E-state index contributed by atoms with van der Waals surface area (Å²) in [6, 6.07) is 0. The minimum Gasteiger partial charge on any atom is -0.508 e. The molecule has 13 heavy (non-hydrogen) atoms. The Balaban J connectivity index is 4.47. The third-order valence-corrected chi connectivity index (χ3v) is 4.94. The molecule has 0 aliphatic heterocycles. The molecule has 0 aliphatic carbocycles. The minimum absolute atomic E-state index is 0.255. The van der Waals surface area contributed by atoms with Crippen LogP contribution in [0.3, 0.4) is 0 Å². The molecule has 4 heteroatoms. The fourth-order valence-corrected chi connectivity index (χ4v) is 3.29. The summed E-state index contributed by atoms with van der Waals surface area (Å²) in [6.45, 7) is 12.7. The van der Waals surface area contributed by atoms with E-state index in [2.05, 4.69) is 6.58 Å². The zero-order valence-electron chi connectivity index (χ0n) is 9.00. The Morgan fingerprint density at radius 2 is 1.69 bits per heavy atom. The van der Waals surface area contributed by atoms with Crippen molar-refractivity contribution < 1.29 is 13.3 Å². The van der Waals surface area contributed by atoms with Gasteiger partial charge in [0.05, 0.1) is 6.26 Å². The van der Waals surface area contributed by atoms with Crippen LogP contribution >= 0.6 is 0 Å². The van der Waals surface area contributed by atoms with Crippen molar-refractivity contribution in [1.82, 2.24) is 0 Å². The molecule has 0 radical (unpaired) electrons. The zero-order chi connectivity index (χ0) is 10.3. The predicted octanol–water partition coefficient (Wildman–Crippen LogP) is 2.57. The van der Waals surface area contributed by atoms with Crippen LogP contribution in [0, 0.1) is 0 Å². The summed E-state index contributed by atoms with van der Waals surface area (Å²) in [5, 5.41) is 0. The van der Waals surface area contributed by atoms with E-state index in [0.29, 0.717) is 13.2 Å². The molecule has 3 nitrogen and oxygen atoms in total. The molecule has 0 aliphatic rings. The number of hydrogen-bond donors (Lipinski definition) is 0. The van der Waals surface area contributed by atoms with E-state index < -0.39 is 8.80 Å². The average Bonchev–Trinajstić information content (AvgIpc) is 2.05. The van der Waals surface area contributed by atoms with E-state index in [-0.39, 0.29) is 5.54 Å².